The largest absolute Gasteiger partial charge is 0.480 e. The zero-order valence-electron chi connectivity index (χ0n) is 11.6. The van der Waals surface area contributed by atoms with Crippen LogP contribution in [0, 0.1) is 12.8 Å². The van der Waals surface area contributed by atoms with Crippen LogP contribution in [0.25, 0.3) is 0 Å². The average molecular weight is 298 g/mol. The van der Waals surface area contributed by atoms with Crippen LogP contribution in [-0.2, 0) is 16.1 Å². The van der Waals surface area contributed by atoms with Gasteiger partial charge in [-0.05, 0) is 48.9 Å². The van der Waals surface area contributed by atoms with Crippen molar-refractivity contribution in [2.75, 3.05) is 13.2 Å². The fourth-order valence-electron chi connectivity index (χ4n) is 2.58. The SMILES string of the molecule is Cc1cc(Cl)ccc1CNC(C(=O)O)C1CCOCC1. The molecule has 5 heteroatoms. The molecule has 1 fully saturated rings. The van der Waals surface area contributed by atoms with E-state index in [4.69, 9.17) is 16.3 Å². The van der Waals surface area contributed by atoms with E-state index in [0.717, 1.165) is 24.0 Å². The van der Waals surface area contributed by atoms with Gasteiger partial charge >= 0.3 is 5.97 Å². The van der Waals surface area contributed by atoms with E-state index in [0.29, 0.717) is 24.8 Å². The number of carboxylic acids is 1. The standard InChI is InChI=1S/C15H20ClNO3/c1-10-8-13(16)3-2-12(10)9-17-14(15(18)19)11-4-6-20-7-5-11/h2-3,8,11,14,17H,4-7,9H2,1H3,(H,18,19). The van der Waals surface area contributed by atoms with Gasteiger partial charge in [0.2, 0.25) is 0 Å². The first-order valence-corrected chi connectivity index (χ1v) is 7.24. The third-order valence-corrected chi connectivity index (χ3v) is 4.06. The fraction of sp³-hybridized carbons (Fsp3) is 0.533. The molecule has 2 rings (SSSR count). The van der Waals surface area contributed by atoms with Crippen LogP contribution in [0.15, 0.2) is 18.2 Å². The lowest BCUT2D eigenvalue weighted by Gasteiger charge is -2.28. The Hall–Kier alpha value is -1.10. The van der Waals surface area contributed by atoms with Crippen molar-refractivity contribution in [3.8, 4) is 0 Å². The number of hydrogen-bond acceptors (Lipinski definition) is 3. The van der Waals surface area contributed by atoms with Gasteiger partial charge in [0, 0.05) is 24.8 Å². The van der Waals surface area contributed by atoms with Gasteiger partial charge in [-0.1, -0.05) is 17.7 Å². The molecule has 1 saturated heterocycles. The molecule has 1 aromatic carbocycles. The summed E-state index contributed by atoms with van der Waals surface area (Å²) >= 11 is 5.92. The quantitative estimate of drug-likeness (QED) is 0.877. The maximum Gasteiger partial charge on any atom is 0.320 e. The van der Waals surface area contributed by atoms with Crippen LogP contribution < -0.4 is 5.32 Å². The third kappa shape index (κ3) is 3.95. The van der Waals surface area contributed by atoms with Gasteiger partial charge in [-0.25, -0.2) is 0 Å². The summed E-state index contributed by atoms with van der Waals surface area (Å²) in [6.45, 7) is 3.82. The summed E-state index contributed by atoms with van der Waals surface area (Å²) in [6, 6.07) is 5.14. The van der Waals surface area contributed by atoms with E-state index >= 15 is 0 Å². The minimum absolute atomic E-state index is 0.133. The normalized spacial score (nSPS) is 17.9. The van der Waals surface area contributed by atoms with Crippen LogP contribution in [-0.4, -0.2) is 30.3 Å². The molecular formula is C15H20ClNO3. The van der Waals surface area contributed by atoms with Gasteiger partial charge in [0.05, 0.1) is 0 Å². The van der Waals surface area contributed by atoms with Crippen LogP contribution in [0.4, 0.5) is 0 Å². The molecule has 1 aromatic rings. The Morgan fingerprint density at radius 3 is 2.80 bits per heavy atom. The van der Waals surface area contributed by atoms with Crippen molar-refractivity contribution in [1.82, 2.24) is 5.32 Å². The lowest BCUT2D eigenvalue weighted by Crippen LogP contribution is -2.44. The lowest BCUT2D eigenvalue weighted by atomic mass is 9.91. The number of carbonyl (C=O) groups is 1. The van der Waals surface area contributed by atoms with E-state index in [9.17, 15) is 9.90 Å². The minimum atomic E-state index is -0.788. The van der Waals surface area contributed by atoms with E-state index in [1.807, 2.05) is 25.1 Å². The number of ether oxygens (including phenoxy) is 1. The second-order valence-electron chi connectivity index (χ2n) is 5.22. The van der Waals surface area contributed by atoms with Crippen molar-refractivity contribution in [3.63, 3.8) is 0 Å². The summed E-state index contributed by atoms with van der Waals surface area (Å²) in [5, 5.41) is 13.3. The van der Waals surface area contributed by atoms with Gasteiger partial charge in [-0.2, -0.15) is 0 Å². The highest BCUT2D eigenvalue weighted by atomic mass is 35.5. The van der Waals surface area contributed by atoms with Gasteiger partial charge in [-0.15, -0.1) is 0 Å². The third-order valence-electron chi connectivity index (χ3n) is 3.82. The monoisotopic (exact) mass is 297 g/mol. The minimum Gasteiger partial charge on any atom is -0.480 e. The summed E-state index contributed by atoms with van der Waals surface area (Å²) in [5.74, 6) is -0.655. The van der Waals surface area contributed by atoms with Gasteiger partial charge in [0.15, 0.2) is 0 Å². The van der Waals surface area contributed by atoms with E-state index in [1.54, 1.807) is 0 Å². The summed E-state index contributed by atoms with van der Waals surface area (Å²) in [6.07, 6.45) is 1.59. The van der Waals surface area contributed by atoms with Crippen molar-refractivity contribution in [3.05, 3.63) is 34.3 Å². The molecule has 0 radical (unpaired) electrons. The number of hydrogen-bond donors (Lipinski definition) is 2. The first kappa shape index (κ1) is 15.3. The predicted octanol–water partition coefficient (Wildman–Crippen LogP) is 2.62. The topological polar surface area (TPSA) is 58.6 Å². The number of nitrogens with one attached hydrogen (secondary N) is 1. The maximum atomic E-state index is 11.4. The van der Waals surface area contributed by atoms with Gasteiger partial charge in [-0.3, -0.25) is 4.79 Å². The Labute approximate surface area is 124 Å². The number of aryl methyl sites for hydroxylation is 1. The number of carboxylic acid groups (broad SMARTS) is 1. The highest BCUT2D eigenvalue weighted by Gasteiger charge is 2.29. The maximum absolute atomic E-state index is 11.4. The Balaban J connectivity index is 1.99. The Morgan fingerprint density at radius 1 is 1.50 bits per heavy atom. The Bertz CT molecular complexity index is 472. The molecule has 20 heavy (non-hydrogen) atoms. The molecule has 0 aromatic heterocycles. The van der Waals surface area contributed by atoms with Gasteiger partial charge < -0.3 is 15.2 Å². The summed E-state index contributed by atoms with van der Waals surface area (Å²) in [4.78, 5) is 11.4. The van der Waals surface area contributed by atoms with E-state index in [1.165, 1.54) is 0 Å². The highest BCUT2D eigenvalue weighted by molar-refractivity contribution is 6.30. The molecule has 0 aliphatic carbocycles. The molecule has 0 amide bonds. The van der Waals surface area contributed by atoms with Crippen LogP contribution in [0.2, 0.25) is 5.02 Å². The number of aliphatic carboxylic acids is 1. The predicted molar refractivity (Wildman–Crippen MR) is 78.0 cm³/mol. The fourth-order valence-corrected chi connectivity index (χ4v) is 2.81. The molecule has 4 nitrogen and oxygen atoms in total. The lowest BCUT2D eigenvalue weighted by molar-refractivity contribution is -0.142. The van der Waals surface area contributed by atoms with Crippen molar-refractivity contribution >= 4 is 17.6 Å². The molecule has 0 spiro atoms. The zero-order chi connectivity index (χ0) is 14.5. The first-order valence-electron chi connectivity index (χ1n) is 6.87. The Morgan fingerprint density at radius 2 is 2.20 bits per heavy atom. The first-order chi connectivity index (χ1) is 9.58. The van der Waals surface area contributed by atoms with Crippen molar-refractivity contribution in [1.29, 1.82) is 0 Å². The second-order valence-corrected chi connectivity index (χ2v) is 5.65. The molecule has 0 bridgehead atoms. The molecule has 2 N–H and O–H groups in total. The second kappa shape index (κ2) is 7.07. The van der Waals surface area contributed by atoms with Crippen molar-refractivity contribution < 1.29 is 14.6 Å². The van der Waals surface area contributed by atoms with Crippen molar-refractivity contribution in [2.24, 2.45) is 5.92 Å². The average Bonchev–Trinajstić information content (AvgIpc) is 2.42. The molecule has 1 aliphatic heterocycles. The molecule has 1 heterocycles. The van der Waals surface area contributed by atoms with Gasteiger partial charge in [0.1, 0.15) is 6.04 Å². The molecule has 1 unspecified atom stereocenters. The highest BCUT2D eigenvalue weighted by Crippen LogP contribution is 2.20. The molecule has 110 valence electrons. The zero-order valence-corrected chi connectivity index (χ0v) is 12.3. The van der Waals surface area contributed by atoms with Crippen LogP contribution in [0.5, 0.6) is 0 Å². The van der Waals surface area contributed by atoms with Crippen LogP contribution in [0.1, 0.15) is 24.0 Å². The number of halogens is 1. The smallest absolute Gasteiger partial charge is 0.320 e. The van der Waals surface area contributed by atoms with Crippen molar-refractivity contribution in [2.45, 2.75) is 32.4 Å². The van der Waals surface area contributed by atoms with E-state index in [2.05, 4.69) is 5.32 Å². The molecule has 1 atom stereocenters. The van der Waals surface area contributed by atoms with E-state index < -0.39 is 12.0 Å². The van der Waals surface area contributed by atoms with Crippen LogP contribution in [0.3, 0.4) is 0 Å². The van der Waals surface area contributed by atoms with Crippen LogP contribution >= 0.6 is 11.6 Å². The Kier molecular flexibility index (Phi) is 5.40. The molecule has 1 aliphatic rings. The molecular weight excluding hydrogens is 278 g/mol. The summed E-state index contributed by atoms with van der Waals surface area (Å²) in [5.41, 5.74) is 2.15. The van der Waals surface area contributed by atoms with Gasteiger partial charge in [0.25, 0.3) is 0 Å². The summed E-state index contributed by atoms with van der Waals surface area (Å²) < 4.78 is 5.29. The van der Waals surface area contributed by atoms with E-state index in [-0.39, 0.29) is 5.92 Å². The summed E-state index contributed by atoms with van der Waals surface area (Å²) in [7, 11) is 0. The molecule has 0 saturated carbocycles. The number of rotatable bonds is 5. The number of benzene rings is 1.